The molecule has 0 saturated carbocycles. The van der Waals surface area contributed by atoms with Crippen molar-refractivity contribution < 1.29 is 14.3 Å². The summed E-state index contributed by atoms with van der Waals surface area (Å²) in [6.45, 7) is 2.53. The van der Waals surface area contributed by atoms with Crippen LogP contribution in [0.3, 0.4) is 0 Å². The first-order chi connectivity index (χ1) is 14.1. The second-order valence-corrected chi connectivity index (χ2v) is 6.82. The Morgan fingerprint density at radius 2 is 1.86 bits per heavy atom. The van der Waals surface area contributed by atoms with E-state index in [9.17, 15) is 9.59 Å². The van der Waals surface area contributed by atoms with Crippen molar-refractivity contribution in [2.75, 3.05) is 11.9 Å². The van der Waals surface area contributed by atoms with Gasteiger partial charge in [0.2, 0.25) is 0 Å². The molecule has 4 rings (SSSR count). The van der Waals surface area contributed by atoms with E-state index in [-0.39, 0.29) is 10.7 Å². The zero-order valence-corrected chi connectivity index (χ0v) is 16.4. The van der Waals surface area contributed by atoms with E-state index in [1.54, 1.807) is 6.07 Å². The number of carbonyl (C=O) groups excluding carboxylic acids is 2. The van der Waals surface area contributed by atoms with Crippen LogP contribution in [0, 0.1) is 0 Å². The van der Waals surface area contributed by atoms with Gasteiger partial charge in [0.25, 0.3) is 5.91 Å². The Hall–Kier alpha value is -3.38. The minimum Gasteiger partial charge on any atom is -0.452 e. The van der Waals surface area contributed by atoms with Gasteiger partial charge in [-0.3, -0.25) is 4.79 Å². The molecule has 0 aliphatic carbocycles. The number of aromatic nitrogens is 2. The normalized spacial score (nSPS) is 11.0. The number of hydrogen-bond donors (Lipinski definition) is 1. The molecule has 2 heterocycles. The molecule has 2 aromatic carbocycles. The molecule has 2 aromatic heterocycles. The minimum absolute atomic E-state index is 0.0377. The summed E-state index contributed by atoms with van der Waals surface area (Å²) in [5.41, 5.74) is 3.01. The molecule has 0 atom stereocenters. The van der Waals surface area contributed by atoms with Crippen molar-refractivity contribution in [1.82, 2.24) is 9.55 Å². The number of para-hydroxylation sites is 1. The summed E-state index contributed by atoms with van der Waals surface area (Å²) in [6.07, 6.45) is 1.47. The average molecular weight is 408 g/mol. The fourth-order valence-corrected chi connectivity index (χ4v) is 3.61. The monoisotopic (exact) mass is 407 g/mol. The minimum atomic E-state index is -0.695. The number of ether oxygens (including phenoxy) is 1. The zero-order chi connectivity index (χ0) is 20.4. The Labute approximate surface area is 172 Å². The lowest BCUT2D eigenvalue weighted by molar-refractivity contribution is -0.119. The molecule has 0 fully saturated rings. The highest BCUT2D eigenvalue weighted by Crippen LogP contribution is 2.30. The highest BCUT2D eigenvalue weighted by molar-refractivity contribution is 6.32. The molecule has 6 nitrogen and oxygen atoms in total. The summed E-state index contributed by atoms with van der Waals surface area (Å²) < 4.78 is 7.27. The quantitative estimate of drug-likeness (QED) is 0.386. The number of hydrogen-bond acceptors (Lipinski definition) is 4. The third-order valence-electron chi connectivity index (χ3n) is 4.69. The number of anilines is 1. The first-order valence-electron chi connectivity index (χ1n) is 9.17. The fourth-order valence-electron chi connectivity index (χ4n) is 3.42. The van der Waals surface area contributed by atoms with Crippen LogP contribution >= 0.6 is 11.6 Å². The second kappa shape index (κ2) is 7.93. The van der Waals surface area contributed by atoms with E-state index in [0.717, 1.165) is 28.4 Å². The molecule has 0 spiro atoms. The van der Waals surface area contributed by atoms with Gasteiger partial charge in [-0.25, -0.2) is 9.78 Å². The molecule has 146 valence electrons. The van der Waals surface area contributed by atoms with Crippen molar-refractivity contribution in [2.24, 2.45) is 0 Å². The number of benzene rings is 2. The summed E-state index contributed by atoms with van der Waals surface area (Å²) in [5.74, 6) is -1.13. The predicted octanol–water partition coefficient (Wildman–Crippen LogP) is 4.66. The van der Waals surface area contributed by atoms with E-state index >= 15 is 0 Å². The summed E-state index contributed by atoms with van der Waals surface area (Å²) in [5, 5.41) is 4.99. The Kier molecular flexibility index (Phi) is 5.18. The SMILES string of the molecule is CCn1c2ccccc2c2cc(NC(=O)COC(=O)c3cccnc3Cl)ccc21. The molecular weight excluding hydrogens is 390 g/mol. The number of esters is 1. The molecule has 0 radical (unpaired) electrons. The number of halogens is 1. The molecule has 4 aromatic rings. The molecular formula is C22H18ClN3O3. The number of fused-ring (bicyclic) bond motifs is 3. The summed E-state index contributed by atoms with van der Waals surface area (Å²) >= 11 is 5.87. The van der Waals surface area contributed by atoms with Crippen molar-refractivity contribution in [3.8, 4) is 0 Å². The average Bonchev–Trinajstić information content (AvgIpc) is 3.05. The smallest absolute Gasteiger partial charge is 0.341 e. The van der Waals surface area contributed by atoms with Gasteiger partial charge in [-0.15, -0.1) is 0 Å². The molecule has 0 unspecified atom stereocenters. The van der Waals surface area contributed by atoms with Gasteiger partial charge in [-0.05, 0) is 43.3 Å². The molecule has 0 saturated heterocycles. The number of carbonyl (C=O) groups is 2. The van der Waals surface area contributed by atoms with Gasteiger partial charge >= 0.3 is 5.97 Å². The first-order valence-corrected chi connectivity index (χ1v) is 9.54. The van der Waals surface area contributed by atoms with Gasteiger partial charge in [0.05, 0.1) is 5.56 Å². The second-order valence-electron chi connectivity index (χ2n) is 6.46. The number of rotatable bonds is 5. The highest BCUT2D eigenvalue weighted by Gasteiger charge is 2.15. The third kappa shape index (κ3) is 3.67. The Morgan fingerprint density at radius 1 is 1.07 bits per heavy atom. The van der Waals surface area contributed by atoms with Gasteiger partial charge in [0, 0.05) is 40.2 Å². The van der Waals surface area contributed by atoms with Crippen molar-refractivity contribution >= 4 is 51.0 Å². The summed E-state index contributed by atoms with van der Waals surface area (Å²) in [6, 6.07) is 17.0. The molecule has 1 N–H and O–H groups in total. The van der Waals surface area contributed by atoms with E-state index in [0.29, 0.717) is 5.69 Å². The van der Waals surface area contributed by atoms with E-state index < -0.39 is 18.5 Å². The van der Waals surface area contributed by atoms with Crippen LogP contribution in [0.25, 0.3) is 21.8 Å². The van der Waals surface area contributed by atoms with E-state index in [1.165, 1.54) is 12.3 Å². The lowest BCUT2D eigenvalue weighted by atomic mass is 10.1. The maximum absolute atomic E-state index is 12.3. The van der Waals surface area contributed by atoms with Crippen molar-refractivity contribution in [3.05, 3.63) is 71.5 Å². The van der Waals surface area contributed by atoms with E-state index in [4.69, 9.17) is 16.3 Å². The van der Waals surface area contributed by atoms with Crippen LogP contribution in [0.5, 0.6) is 0 Å². The maximum atomic E-state index is 12.3. The van der Waals surface area contributed by atoms with Gasteiger partial charge in [0.15, 0.2) is 6.61 Å². The van der Waals surface area contributed by atoms with Gasteiger partial charge in [0.1, 0.15) is 5.15 Å². The number of nitrogens with zero attached hydrogens (tertiary/aromatic N) is 2. The van der Waals surface area contributed by atoms with Crippen LogP contribution in [-0.2, 0) is 16.1 Å². The number of amides is 1. The third-order valence-corrected chi connectivity index (χ3v) is 4.99. The van der Waals surface area contributed by atoms with Gasteiger partial charge in [-0.2, -0.15) is 0 Å². The molecule has 1 amide bonds. The Bertz CT molecular complexity index is 1230. The van der Waals surface area contributed by atoms with E-state index in [1.807, 2.05) is 30.3 Å². The number of nitrogens with one attached hydrogen (secondary N) is 1. The maximum Gasteiger partial charge on any atom is 0.341 e. The van der Waals surface area contributed by atoms with Gasteiger partial charge < -0.3 is 14.6 Å². The van der Waals surface area contributed by atoms with Crippen LogP contribution in [-0.4, -0.2) is 28.0 Å². The molecule has 0 aliphatic rings. The standard InChI is InChI=1S/C22H18ClN3O3/c1-2-26-18-8-4-3-6-15(18)17-12-14(9-10-19(17)26)25-20(27)13-29-22(28)16-7-5-11-24-21(16)23/h3-12H,2,13H2,1H3,(H,25,27). The van der Waals surface area contributed by atoms with Crippen molar-refractivity contribution in [3.63, 3.8) is 0 Å². The van der Waals surface area contributed by atoms with Crippen LogP contribution in [0.2, 0.25) is 5.15 Å². The molecule has 7 heteroatoms. The van der Waals surface area contributed by atoms with Gasteiger partial charge in [-0.1, -0.05) is 29.8 Å². The van der Waals surface area contributed by atoms with E-state index in [2.05, 4.69) is 33.9 Å². The van der Waals surface area contributed by atoms with Crippen LogP contribution in [0.4, 0.5) is 5.69 Å². The number of pyridine rings is 1. The van der Waals surface area contributed by atoms with Crippen molar-refractivity contribution in [1.29, 1.82) is 0 Å². The Balaban J connectivity index is 1.51. The lowest BCUT2D eigenvalue weighted by Gasteiger charge is -2.08. The summed E-state index contributed by atoms with van der Waals surface area (Å²) in [4.78, 5) is 28.1. The Morgan fingerprint density at radius 3 is 2.66 bits per heavy atom. The highest BCUT2D eigenvalue weighted by atomic mass is 35.5. The first kappa shape index (κ1) is 19.0. The molecule has 29 heavy (non-hydrogen) atoms. The largest absolute Gasteiger partial charge is 0.452 e. The summed E-state index contributed by atoms with van der Waals surface area (Å²) in [7, 11) is 0. The number of aryl methyl sites for hydroxylation is 1. The van der Waals surface area contributed by atoms with Crippen LogP contribution in [0.1, 0.15) is 17.3 Å². The van der Waals surface area contributed by atoms with Crippen LogP contribution < -0.4 is 5.32 Å². The molecule has 0 bridgehead atoms. The van der Waals surface area contributed by atoms with Crippen LogP contribution in [0.15, 0.2) is 60.8 Å². The van der Waals surface area contributed by atoms with Crippen molar-refractivity contribution in [2.45, 2.75) is 13.5 Å². The zero-order valence-electron chi connectivity index (χ0n) is 15.7. The lowest BCUT2D eigenvalue weighted by Crippen LogP contribution is -2.21. The topological polar surface area (TPSA) is 73.2 Å². The fraction of sp³-hybridized carbons (Fsp3) is 0.136. The molecule has 0 aliphatic heterocycles. The predicted molar refractivity (Wildman–Crippen MR) is 113 cm³/mol.